The molecule has 0 aliphatic carbocycles. The maximum atomic E-state index is 11.7. The number of anilines is 1. The Hall–Kier alpha value is -1.95. The number of benzene rings is 1. The number of nitrogens with one attached hydrogen (secondary N) is 1. The molecule has 0 spiro atoms. The third-order valence-corrected chi connectivity index (χ3v) is 2.78. The minimum Gasteiger partial charge on any atom is -0.327 e. The van der Waals surface area contributed by atoms with Gasteiger partial charge in [-0.15, -0.1) is 0 Å². The Labute approximate surface area is 112 Å². The lowest BCUT2D eigenvalue weighted by Crippen LogP contribution is -2.26. The predicted molar refractivity (Wildman–Crippen MR) is 74.0 cm³/mol. The van der Waals surface area contributed by atoms with Gasteiger partial charge in [0.1, 0.15) is 0 Å². The van der Waals surface area contributed by atoms with Crippen molar-refractivity contribution in [3.05, 3.63) is 33.9 Å². The van der Waals surface area contributed by atoms with E-state index < -0.39 is 4.92 Å². The molecule has 6 nitrogen and oxygen atoms in total. The summed E-state index contributed by atoms with van der Waals surface area (Å²) < 4.78 is 0. The fraction of sp³-hybridized carbons (Fsp3) is 0.462. The smallest absolute Gasteiger partial charge is 0.272 e. The summed E-state index contributed by atoms with van der Waals surface area (Å²) in [6.07, 6.45) is 1.99. The lowest BCUT2D eigenvalue weighted by molar-refractivity contribution is -0.385. The first kappa shape index (κ1) is 15.1. The number of amides is 1. The molecule has 1 aromatic rings. The summed E-state index contributed by atoms with van der Waals surface area (Å²) in [6.45, 7) is 3.65. The van der Waals surface area contributed by atoms with Crippen molar-refractivity contribution < 1.29 is 9.72 Å². The Morgan fingerprint density at radius 1 is 1.53 bits per heavy atom. The largest absolute Gasteiger partial charge is 0.327 e. The molecule has 1 rings (SSSR count). The molecular weight excluding hydrogens is 246 g/mol. The molecule has 0 heterocycles. The highest BCUT2D eigenvalue weighted by atomic mass is 16.6. The van der Waals surface area contributed by atoms with E-state index >= 15 is 0 Å². The molecule has 19 heavy (non-hydrogen) atoms. The standard InChI is InChI=1S/C13H19N3O3/c1-3-4-10(14)8-13(17)15-11-5-6-12(16(18)19)9(2)7-11/h5-7,10H,3-4,8,14H2,1-2H3,(H,15,17). The number of nitrogens with two attached hydrogens (primary N) is 1. The van der Waals surface area contributed by atoms with Gasteiger partial charge in [0, 0.05) is 29.8 Å². The zero-order valence-electron chi connectivity index (χ0n) is 11.2. The first-order chi connectivity index (χ1) is 8.93. The van der Waals surface area contributed by atoms with Gasteiger partial charge >= 0.3 is 0 Å². The van der Waals surface area contributed by atoms with Crippen molar-refractivity contribution in [3.63, 3.8) is 0 Å². The van der Waals surface area contributed by atoms with Crippen LogP contribution < -0.4 is 11.1 Å². The minimum atomic E-state index is -0.446. The molecule has 0 saturated heterocycles. The van der Waals surface area contributed by atoms with Gasteiger partial charge in [0.15, 0.2) is 0 Å². The van der Waals surface area contributed by atoms with Crippen LogP contribution in [0.1, 0.15) is 31.7 Å². The Balaban J connectivity index is 2.65. The van der Waals surface area contributed by atoms with Crippen LogP contribution in [0.5, 0.6) is 0 Å². The van der Waals surface area contributed by atoms with Gasteiger partial charge < -0.3 is 11.1 Å². The number of carbonyl (C=O) groups is 1. The summed E-state index contributed by atoms with van der Waals surface area (Å²) in [5.41, 5.74) is 6.89. The van der Waals surface area contributed by atoms with Crippen LogP contribution in [0.3, 0.4) is 0 Å². The monoisotopic (exact) mass is 265 g/mol. The summed E-state index contributed by atoms with van der Waals surface area (Å²) in [7, 11) is 0. The highest BCUT2D eigenvalue weighted by Crippen LogP contribution is 2.21. The maximum Gasteiger partial charge on any atom is 0.272 e. The normalized spacial score (nSPS) is 11.9. The molecule has 0 bridgehead atoms. The third-order valence-electron chi connectivity index (χ3n) is 2.78. The number of nitro groups is 1. The van der Waals surface area contributed by atoms with Crippen LogP contribution in [-0.4, -0.2) is 16.9 Å². The van der Waals surface area contributed by atoms with Gasteiger partial charge in [0.25, 0.3) is 5.69 Å². The summed E-state index contributed by atoms with van der Waals surface area (Å²) in [4.78, 5) is 21.9. The summed E-state index contributed by atoms with van der Waals surface area (Å²) in [6, 6.07) is 4.34. The number of hydrogen-bond acceptors (Lipinski definition) is 4. The van der Waals surface area contributed by atoms with E-state index in [4.69, 9.17) is 5.73 Å². The van der Waals surface area contributed by atoms with E-state index in [0.717, 1.165) is 12.8 Å². The molecule has 1 aromatic carbocycles. The fourth-order valence-electron chi connectivity index (χ4n) is 1.86. The molecule has 1 atom stereocenters. The van der Waals surface area contributed by atoms with Gasteiger partial charge in [-0.05, 0) is 25.5 Å². The van der Waals surface area contributed by atoms with Crippen LogP contribution >= 0.6 is 0 Å². The van der Waals surface area contributed by atoms with E-state index in [1.54, 1.807) is 13.0 Å². The van der Waals surface area contributed by atoms with E-state index in [1.807, 2.05) is 6.92 Å². The molecule has 1 amide bonds. The summed E-state index contributed by atoms with van der Waals surface area (Å²) >= 11 is 0. The molecule has 0 aliphatic rings. The molecule has 0 aliphatic heterocycles. The van der Waals surface area contributed by atoms with Gasteiger partial charge in [-0.25, -0.2) is 0 Å². The first-order valence-electron chi connectivity index (χ1n) is 6.24. The molecule has 0 fully saturated rings. The van der Waals surface area contributed by atoms with Crippen molar-refractivity contribution in [1.82, 2.24) is 0 Å². The molecule has 0 aromatic heterocycles. The highest BCUT2D eigenvalue weighted by molar-refractivity contribution is 5.91. The number of aryl methyl sites for hydroxylation is 1. The molecule has 6 heteroatoms. The van der Waals surface area contributed by atoms with Crippen LogP contribution in [0.4, 0.5) is 11.4 Å². The van der Waals surface area contributed by atoms with Crippen LogP contribution in [0.2, 0.25) is 0 Å². The predicted octanol–water partition coefficient (Wildman–Crippen LogP) is 2.36. The number of nitro benzene ring substituents is 1. The van der Waals surface area contributed by atoms with E-state index in [9.17, 15) is 14.9 Å². The number of carbonyl (C=O) groups excluding carboxylic acids is 1. The average molecular weight is 265 g/mol. The second-order valence-corrected chi connectivity index (χ2v) is 4.56. The molecule has 0 saturated carbocycles. The maximum absolute atomic E-state index is 11.7. The molecule has 3 N–H and O–H groups in total. The van der Waals surface area contributed by atoms with Crippen LogP contribution in [0.15, 0.2) is 18.2 Å². The van der Waals surface area contributed by atoms with Crippen molar-refractivity contribution in [2.24, 2.45) is 5.73 Å². The van der Waals surface area contributed by atoms with Gasteiger partial charge in [0.05, 0.1) is 4.92 Å². The van der Waals surface area contributed by atoms with Crippen LogP contribution in [-0.2, 0) is 4.79 Å². The van der Waals surface area contributed by atoms with Crippen molar-refractivity contribution in [1.29, 1.82) is 0 Å². The minimum absolute atomic E-state index is 0.0423. The SMILES string of the molecule is CCCC(N)CC(=O)Nc1ccc([N+](=O)[O-])c(C)c1. The number of nitrogens with zero attached hydrogens (tertiary/aromatic N) is 1. The summed E-state index contributed by atoms with van der Waals surface area (Å²) in [5.74, 6) is -0.172. The fourth-order valence-corrected chi connectivity index (χ4v) is 1.86. The Kier molecular flexibility index (Phi) is 5.44. The zero-order valence-corrected chi connectivity index (χ0v) is 11.2. The second kappa shape index (κ2) is 6.84. The quantitative estimate of drug-likeness (QED) is 0.609. The summed E-state index contributed by atoms with van der Waals surface area (Å²) in [5, 5.41) is 13.4. The van der Waals surface area contributed by atoms with Gasteiger partial charge in [-0.1, -0.05) is 13.3 Å². The van der Waals surface area contributed by atoms with E-state index in [-0.39, 0.29) is 24.1 Å². The van der Waals surface area contributed by atoms with Crippen molar-refractivity contribution >= 4 is 17.3 Å². The molecule has 0 radical (unpaired) electrons. The Morgan fingerprint density at radius 3 is 2.74 bits per heavy atom. The lowest BCUT2D eigenvalue weighted by atomic mass is 10.1. The van der Waals surface area contributed by atoms with Crippen molar-refractivity contribution in [3.8, 4) is 0 Å². The Bertz CT molecular complexity index is 474. The van der Waals surface area contributed by atoms with E-state index in [1.165, 1.54) is 12.1 Å². The molecular formula is C13H19N3O3. The molecule has 104 valence electrons. The third kappa shape index (κ3) is 4.67. The Morgan fingerprint density at radius 2 is 2.21 bits per heavy atom. The van der Waals surface area contributed by atoms with Crippen molar-refractivity contribution in [2.45, 2.75) is 39.2 Å². The van der Waals surface area contributed by atoms with E-state index in [2.05, 4.69) is 5.32 Å². The molecule has 1 unspecified atom stereocenters. The van der Waals surface area contributed by atoms with Gasteiger partial charge in [-0.3, -0.25) is 14.9 Å². The number of rotatable bonds is 6. The van der Waals surface area contributed by atoms with Crippen molar-refractivity contribution in [2.75, 3.05) is 5.32 Å². The highest BCUT2D eigenvalue weighted by Gasteiger charge is 2.12. The lowest BCUT2D eigenvalue weighted by Gasteiger charge is -2.11. The van der Waals surface area contributed by atoms with Crippen LogP contribution in [0, 0.1) is 17.0 Å². The van der Waals surface area contributed by atoms with Gasteiger partial charge in [-0.2, -0.15) is 0 Å². The zero-order chi connectivity index (χ0) is 14.4. The number of hydrogen-bond donors (Lipinski definition) is 2. The second-order valence-electron chi connectivity index (χ2n) is 4.56. The van der Waals surface area contributed by atoms with Gasteiger partial charge in [0.2, 0.25) is 5.91 Å². The topological polar surface area (TPSA) is 98.3 Å². The average Bonchev–Trinajstić information content (AvgIpc) is 2.28. The van der Waals surface area contributed by atoms with Crippen LogP contribution in [0.25, 0.3) is 0 Å². The van der Waals surface area contributed by atoms with E-state index in [0.29, 0.717) is 11.3 Å². The first-order valence-corrected chi connectivity index (χ1v) is 6.24.